The minimum Gasteiger partial charge on any atom is -0.394 e. The Hall–Kier alpha value is -0.540. The van der Waals surface area contributed by atoms with Crippen LogP contribution in [-0.4, -0.2) is 17.3 Å². The largest absolute Gasteiger partial charge is 0.394 e. The molecule has 2 nitrogen and oxygen atoms in total. The number of benzene rings is 1. The first-order chi connectivity index (χ1) is 8.15. The lowest BCUT2D eigenvalue weighted by atomic mass is 9.89. The number of hydrogen-bond donors (Lipinski definition) is 2. The number of anilines is 1. The maximum absolute atomic E-state index is 9.68. The summed E-state index contributed by atoms with van der Waals surface area (Å²) in [6.07, 6.45) is 4.13. The summed E-state index contributed by atoms with van der Waals surface area (Å²) in [4.78, 5) is 0. The standard InChI is InChI=1S/C14H22BrNO/c1-3-9-14(11-17,10-4-2)16-13-7-5-12(15)6-8-13/h5-8,16-17H,3-4,9-11H2,1-2H3. The molecule has 0 atom stereocenters. The van der Waals surface area contributed by atoms with E-state index in [4.69, 9.17) is 0 Å². The average Bonchev–Trinajstić information content (AvgIpc) is 2.33. The predicted molar refractivity (Wildman–Crippen MR) is 77.4 cm³/mol. The number of hydrogen-bond acceptors (Lipinski definition) is 2. The van der Waals surface area contributed by atoms with Gasteiger partial charge in [-0.05, 0) is 37.1 Å². The summed E-state index contributed by atoms with van der Waals surface area (Å²) in [5.41, 5.74) is 0.904. The van der Waals surface area contributed by atoms with E-state index in [1.165, 1.54) is 0 Å². The fraction of sp³-hybridized carbons (Fsp3) is 0.571. The Morgan fingerprint density at radius 2 is 1.65 bits per heavy atom. The second kappa shape index (κ2) is 7.02. The molecular formula is C14H22BrNO. The Labute approximate surface area is 113 Å². The molecule has 1 rings (SSSR count). The summed E-state index contributed by atoms with van der Waals surface area (Å²) in [5, 5.41) is 13.2. The molecule has 0 amide bonds. The third-order valence-electron chi connectivity index (χ3n) is 3.01. The second-order valence-electron chi connectivity index (χ2n) is 4.57. The molecule has 3 heteroatoms. The first-order valence-electron chi connectivity index (χ1n) is 6.30. The molecule has 0 aromatic heterocycles. The van der Waals surface area contributed by atoms with Crippen molar-refractivity contribution in [1.82, 2.24) is 0 Å². The van der Waals surface area contributed by atoms with Gasteiger partial charge in [-0.15, -0.1) is 0 Å². The third-order valence-corrected chi connectivity index (χ3v) is 3.54. The number of halogens is 1. The fourth-order valence-electron chi connectivity index (χ4n) is 2.24. The number of nitrogens with one attached hydrogen (secondary N) is 1. The van der Waals surface area contributed by atoms with Gasteiger partial charge in [0.05, 0.1) is 12.1 Å². The molecule has 2 N–H and O–H groups in total. The zero-order chi connectivity index (χ0) is 12.7. The molecule has 1 aromatic carbocycles. The van der Waals surface area contributed by atoms with E-state index >= 15 is 0 Å². The summed E-state index contributed by atoms with van der Waals surface area (Å²) >= 11 is 3.43. The van der Waals surface area contributed by atoms with Crippen LogP contribution in [0.5, 0.6) is 0 Å². The normalized spacial score (nSPS) is 11.5. The highest BCUT2D eigenvalue weighted by molar-refractivity contribution is 9.10. The number of aliphatic hydroxyl groups is 1. The van der Waals surface area contributed by atoms with Gasteiger partial charge in [-0.2, -0.15) is 0 Å². The van der Waals surface area contributed by atoms with Crippen molar-refractivity contribution in [2.24, 2.45) is 0 Å². The molecule has 0 spiro atoms. The molecular weight excluding hydrogens is 278 g/mol. The van der Waals surface area contributed by atoms with E-state index in [0.717, 1.165) is 35.8 Å². The maximum atomic E-state index is 9.68. The van der Waals surface area contributed by atoms with Gasteiger partial charge in [0.1, 0.15) is 0 Å². The molecule has 0 aliphatic carbocycles. The van der Waals surface area contributed by atoms with Gasteiger partial charge in [-0.3, -0.25) is 0 Å². The molecule has 0 unspecified atom stereocenters. The predicted octanol–water partition coefficient (Wildman–Crippen LogP) is 4.19. The summed E-state index contributed by atoms with van der Waals surface area (Å²) in [6.45, 7) is 4.50. The third kappa shape index (κ3) is 4.32. The van der Waals surface area contributed by atoms with E-state index < -0.39 is 0 Å². The Morgan fingerprint density at radius 3 is 2.06 bits per heavy atom. The molecule has 0 bridgehead atoms. The lowest BCUT2D eigenvalue weighted by molar-refractivity contribution is 0.192. The molecule has 1 aromatic rings. The summed E-state index contributed by atoms with van der Waals surface area (Å²) < 4.78 is 1.07. The van der Waals surface area contributed by atoms with E-state index in [2.05, 4.69) is 35.1 Å². The Morgan fingerprint density at radius 1 is 1.12 bits per heavy atom. The molecule has 0 aliphatic heterocycles. The van der Waals surface area contributed by atoms with Crippen LogP contribution in [0.2, 0.25) is 0 Å². The first-order valence-corrected chi connectivity index (χ1v) is 7.09. The van der Waals surface area contributed by atoms with Crippen molar-refractivity contribution in [3.8, 4) is 0 Å². The molecule has 17 heavy (non-hydrogen) atoms. The highest BCUT2D eigenvalue weighted by Crippen LogP contribution is 2.26. The maximum Gasteiger partial charge on any atom is 0.0661 e. The second-order valence-corrected chi connectivity index (χ2v) is 5.49. The molecule has 96 valence electrons. The first kappa shape index (κ1) is 14.5. The van der Waals surface area contributed by atoms with E-state index in [1.54, 1.807) is 0 Å². The van der Waals surface area contributed by atoms with Crippen LogP contribution in [0.4, 0.5) is 5.69 Å². The molecule has 0 radical (unpaired) electrons. The van der Waals surface area contributed by atoms with Crippen LogP contribution in [0.3, 0.4) is 0 Å². The van der Waals surface area contributed by atoms with Gasteiger partial charge in [0.25, 0.3) is 0 Å². The number of aliphatic hydroxyl groups excluding tert-OH is 1. The van der Waals surface area contributed by atoms with Gasteiger partial charge in [-0.25, -0.2) is 0 Å². The van der Waals surface area contributed by atoms with E-state index in [0.29, 0.717) is 0 Å². The van der Waals surface area contributed by atoms with Gasteiger partial charge in [-0.1, -0.05) is 42.6 Å². The zero-order valence-electron chi connectivity index (χ0n) is 10.7. The van der Waals surface area contributed by atoms with Crippen molar-refractivity contribution >= 4 is 21.6 Å². The van der Waals surface area contributed by atoms with Crippen molar-refractivity contribution in [3.63, 3.8) is 0 Å². The van der Waals surface area contributed by atoms with Crippen molar-refractivity contribution in [1.29, 1.82) is 0 Å². The summed E-state index contributed by atoms with van der Waals surface area (Å²) in [5.74, 6) is 0. The zero-order valence-corrected chi connectivity index (χ0v) is 12.3. The van der Waals surface area contributed by atoms with Gasteiger partial charge >= 0.3 is 0 Å². The average molecular weight is 300 g/mol. The summed E-state index contributed by atoms with van der Waals surface area (Å²) in [6, 6.07) is 8.12. The smallest absolute Gasteiger partial charge is 0.0661 e. The minimum absolute atomic E-state index is 0.169. The molecule has 0 heterocycles. The fourth-order valence-corrected chi connectivity index (χ4v) is 2.51. The van der Waals surface area contributed by atoms with E-state index in [-0.39, 0.29) is 12.1 Å². The van der Waals surface area contributed by atoms with Gasteiger partial charge in [0, 0.05) is 10.2 Å². The minimum atomic E-state index is -0.169. The van der Waals surface area contributed by atoms with Crippen molar-refractivity contribution in [3.05, 3.63) is 28.7 Å². The van der Waals surface area contributed by atoms with Gasteiger partial charge in [0.2, 0.25) is 0 Å². The van der Waals surface area contributed by atoms with Crippen LogP contribution in [0.1, 0.15) is 39.5 Å². The molecule has 0 fully saturated rings. The molecule has 0 aliphatic rings. The Bertz CT molecular complexity index is 317. The lowest BCUT2D eigenvalue weighted by Gasteiger charge is -2.34. The van der Waals surface area contributed by atoms with E-state index in [9.17, 15) is 5.11 Å². The molecule has 0 saturated carbocycles. The van der Waals surface area contributed by atoms with Crippen LogP contribution in [0.15, 0.2) is 28.7 Å². The SMILES string of the molecule is CCCC(CO)(CCC)Nc1ccc(Br)cc1. The van der Waals surface area contributed by atoms with Crippen molar-refractivity contribution < 1.29 is 5.11 Å². The van der Waals surface area contributed by atoms with Crippen LogP contribution in [0.25, 0.3) is 0 Å². The van der Waals surface area contributed by atoms with E-state index in [1.807, 2.05) is 24.3 Å². The monoisotopic (exact) mass is 299 g/mol. The van der Waals surface area contributed by atoms with Crippen LogP contribution in [-0.2, 0) is 0 Å². The lowest BCUT2D eigenvalue weighted by Crippen LogP contribution is -2.42. The quantitative estimate of drug-likeness (QED) is 0.791. The highest BCUT2D eigenvalue weighted by Gasteiger charge is 2.26. The summed E-state index contributed by atoms with van der Waals surface area (Å²) in [7, 11) is 0. The van der Waals surface area contributed by atoms with Crippen LogP contribution < -0.4 is 5.32 Å². The van der Waals surface area contributed by atoms with Crippen molar-refractivity contribution in [2.75, 3.05) is 11.9 Å². The number of rotatable bonds is 7. The van der Waals surface area contributed by atoms with Crippen LogP contribution in [0, 0.1) is 0 Å². The topological polar surface area (TPSA) is 32.3 Å². The Kier molecular flexibility index (Phi) is 6.00. The van der Waals surface area contributed by atoms with Gasteiger partial charge in [0.15, 0.2) is 0 Å². The highest BCUT2D eigenvalue weighted by atomic mass is 79.9. The van der Waals surface area contributed by atoms with Crippen molar-refractivity contribution in [2.45, 2.75) is 45.1 Å². The molecule has 0 saturated heterocycles. The Balaban J connectivity index is 2.80. The van der Waals surface area contributed by atoms with Gasteiger partial charge < -0.3 is 10.4 Å². The van der Waals surface area contributed by atoms with Crippen LogP contribution >= 0.6 is 15.9 Å².